The minimum atomic E-state index is 0.408. The molecule has 3 N–H and O–H groups in total. The van der Waals surface area contributed by atoms with Gasteiger partial charge in [0.1, 0.15) is 5.82 Å². The predicted molar refractivity (Wildman–Crippen MR) is 67.4 cm³/mol. The molecular formula is C13H21N3. The highest BCUT2D eigenvalue weighted by Gasteiger charge is 2.18. The molecule has 3 heteroatoms. The van der Waals surface area contributed by atoms with Crippen LogP contribution in [0.25, 0.3) is 0 Å². The van der Waals surface area contributed by atoms with E-state index in [1.165, 1.54) is 19.3 Å². The molecule has 1 saturated carbocycles. The molecule has 2 atom stereocenters. The molecule has 0 saturated heterocycles. The molecule has 0 bridgehead atoms. The Morgan fingerprint density at radius 2 is 2.31 bits per heavy atom. The van der Waals surface area contributed by atoms with Crippen molar-refractivity contribution in [3.05, 3.63) is 23.9 Å². The summed E-state index contributed by atoms with van der Waals surface area (Å²) < 4.78 is 0. The zero-order chi connectivity index (χ0) is 11.4. The Labute approximate surface area is 97.5 Å². The summed E-state index contributed by atoms with van der Waals surface area (Å²) in [5, 5.41) is 3.41. The second-order valence-electron chi connectivity index (χ2n) is 4.84. The van der Waals surface area contributed by atoms with E-state index in [2.05, 4.69) is 10.3 Å². The van der Waals surface area contributed by atoms with E-state index >= 15 is 0 Å². The summed E-state index contributed by atoms with van der Waals surface area (Å²) in [5.41, 5.74) is 7.04. The first kappa shape index (κ1) is 11.4. The van der Waals surface area contributed by atoms with Crippen molar-refractivity contribution < 1.29 is 0 Å². The lowest BCUT2D eigenvalue weighted by molar-refractivity contribution is 0.335. The second-order valence-corrected chi connectivity index (χ2v) is 4.84. The molecule has 1 aliphatic rings. The van der Waals surface area contributed by atoms with Crippen LogP contribution in [0, 0.1) is 12.8 Å². The Kier molecular flexibility index (Phi) is 3.78. The fourth-order valence-electron chi connectivity index (χ4n) is 2.41. The first-order valence-corrected chi connectivity index (χ1v) is 6.17. The van der Waals surface area contributed by atoms with E-state index < -0.39 is 0 Å². The third kappa shape index (κ3) is 3.20. The van der Waals surface area contributed by atoms with E-state index in [0.29, 0.717) is 12.0 Å². The van der Waals surface area contributed by atoms with E-state index in [9.17, 15) is 0 Å². The van der Waals surface area contributed by atoms with Crippen LogP contribution in [0.3, 0.4) is 0 Å². The van der Waals surface area contributed by atoms with Crippen molar-refractivity contribution in [3.8, 4) is 0 Å². The van der Waals surface area contributed by atoms with Gasteiger partial charge in [-0.1, -0.05) is 12.5 Å². The number of anilines is 1. The Morgan fingerprint density at radius 3 is 3.06 bits per heavy atom. The summed E-state index contributed by atoms with van der Waals surface area (Å²) >= 11 is 0. The number of aryl methyl sites for hydroxylation is 1. The maximum absolute atomic E-state index is 5.97. The van der Waals surface area contributed by atoms with Gasteiger partial charge in [-0.3, -0.25) is 0 Å². The number of nitrogens with zero attached hydrogens (tertiary/aromatic N) is 1. The molecule has 2 rings (SSSR count). The van der Waals surface area contributed by atoms with Crippen LogP contribution in [-0.4, -0.2) is 17.6 Å². The zero-order valence-electron chi connectivity index (χ0n) is 9.95. The maximum Gasteiger partial charge on any atom is 0.126 e. The molecule has 0 aromatic carbocycles. The van der Waals surface area contributed by atoms with E-state index in [1.807, 2.05) is 25.1 Å². The standard InChI is InChI=1S/C13H21N3/c1-10-4-2-7-13(16-10)15-9-11-5-3-6-12(14)8-11/h2,4,7,11-12H,3,5-6,8-9,14H2,1H3,(H,15,16). The van der Waals surface area contributed by atoms with Gasteiger partial charge in [-0.15, -0.1) is 0 Å². The summed E-state index contributed by atoms with van der Waals surface area (Å²) in [6, 6.07) is 6.49. The minimum Gasteiger partial charge on any atom is -0.370 e. The van der Waals surface area contributed by atoms with Crippen LogP contribution in [0.5, 0.6) is 0 Å². The largest absolute Gasteiger partial charge is 0.370 e. The maximum atomic E-state index is 5.97. The number of nitrogens with two attached hydrogens (primary N) is 1. The van der Waals surface area contributed by atoms with Gasteiger partial charge in [0.15, 0.2) is 0 Å². The molecule has 1 aliphatic carbocycles. The molecule has 16 heavy (non-hydrogen) atoms. The second kappa shape index (κ2) is 5.30. The normalized spacial score (nSPS) is 25.4. The first-order valence-electron chi connectivity index (χ1n) is 6.17. The molecule has 1 heterocycles. The van der Waals surface area contributed by atoms with Crippen molar-refractivity contribution >= 4 is 5.82 Å². The Hall–Kier alpha value is -1.09. The SMILES string of the molecule is Cc1cccc(NCC2CCCC(N)C2)n1. The molecular weight excluding hydrogens is 198 g/mol. The average Bonchev–Trinajstić information content (AvgIpc) is 2.27. The third-order valence-corrected chi connectivity index (χ3v) is 3.28. The molecule has 1 fully saturated rings. The van der Waals surface area contributed by atoms with Crippen molar-refractivity contribution in [3.63, 3.8) is 0 Å². The average molecular weight is 219 g/mol. The fraction of sp³-hybridized carbons (Fsp3) is 0.615. The summed E-state index contributed by atoms with van der Waals surface area (Å²) in [6.07, 6.45) is 4.92. The Morgan fingerprint density at radius 1 is 1.44 bits per heavy atom. The van der Waals surface area contributed by atoms with Crippen LogP contribution in [0.15, 0.2) is 18.2 Å². The molecule has 0 spiro atoms. The molecule has 1 aromatic rings. The minimum absolute atomic E-state index is 0.408. The van der Waals surface area contributed by atoms with Gasteiger partial charge in [0.05, 0.1) is 0 Å². The van der Waals surface area contributed by atoms with Crippen molar-refractivity contribution in [2.45, 2.75) is 38.6 Å². The lowest BCUT2D eigenvalue weighted by Crippen LogP contribution is -2.31. The van der Waals surface area contributed by atoms with Crippen LogP contribution in [0.1, 0.15) is 31.4 Å². The van der Waals surface area contributed by atoms with Crippen molar-refractivity contribution in [2.75, 3.05) is 11.9 Å². The quantitative estimate of drug-likeness (QED) is 0.820. The highest BCUT2D eigenvalue weighted by atomic mass is 15.0. The molecule has 1 aromatic heterocycles. The van der Waals surface area contributed by atoms with Gasteiger partial charge in [0.2, 0.25) is 0 Å². The van der Waals surface area contributed by atoms with Crippen LogP contribution in [0.2, 0.25) is 0 Å². The zero-order valence-corrected chi connectivity index (χ0v) is 9.95. The van der Waals surface area contributed by atoms with E-state index in [-0.39, 0.29) is 0 Å². The number of pyridine rings is 1. The summed E-state index contributed by atoms with van der Waals surface area (Å²) in [5.74, 6) is 1.70. The highest BCUT2D eigenvalue weighted by molar-refractivity contribution is 5.35. The molecule has 3 nitrogen and oxygen atoms in total. The highest BCUT2D eigenvalue weighted by Crippen LogP contribution is 2.23. The molecule has 2 unspecified atom stereocenters. The van der Waals surface area contributed by atoms with Gasteiger partial charge in [-0.05, 0) is 44.2 Å². The number of hydrogen-bond acceptors (Lipinski definition) is 3. The number of nitrogens with one attached hydrogen (secondary N) is 1. The number of rotatable bonds is 3. The number of hydrogen-bond donors (Lipinski definition) is 2. The predicted octanol–water partition coefficient (Wildman–Crippen LogP) is 2.32. The lowest BCUT2D eigenvalue weighted by Gasteiger charge is -2.26. The van der Waals surface area contributed by atoms with Gasteiger partial charge in [0, 0.05) is 18.3 Å². The van der Waals surface area contributed by atoms with E-state index in [0.717, 1.165) is 24.5 Å². The number of aromatic nitrogens is 1. The Balaban J connectivity index is 1.82. The van der Waals surface area contributed by atoms with Gasteiger partial charge in [-0.25, -0.2) is 4.98 Å². The Bertz CT molecular complexity index is 338. The van der Waals surface area contributed by atoms with Crippen molar-refractivity contribution in [1.82, 2.24) is 4.98 Å². The fourth-order valence-corrected chi connectivity index (χ4v) is 2.41. The summed E-state index contributed by atoms with van der Waals surface area (Å²) in [7, 11) is 0. The van der Waals surface area contributed by atoms with Crippen molar-refractivity contribution in [1.29, 1.82) is 0 Å². The van der Waals surface area contributed by atoms with Crippen LogP contribution in [-0.2, 0) is 0 Å². The lowest BCUT2D eigenvalue weighted by atomic mass is 9.86. The van der Waals surface area contributed by atoms with Crippen LogP contribution in [0.4, 0.5) is 5.82 Å². The van der Waals surface area contributed by atoms with Crippen LogP contribution < -0.4 is 11.1 Å². The molecule has 0 radical (unpaired) electrons. The van der Waals surface area contributed by atoms with E-state index in [1.54, 1.807) is 0 Å². The summed E-state index contributed by atoms with van der Waals surface area (Å²) in [6.45, 7) is 3.02. The molecule has 0 aliphatic heterocycles. The van der Waals surface area contributed by atoms with Gasteiger partial charge >= 0.3 is 0 Å². The van der Waals surface area contributed by atoms with E-state index in [4.69, 9.17) is 5.73 Å². The summed E-state index contributed by atoms with van der Waals surface area (Å²) in [4.78, 5) is 4.43. The first-order chi connectivity index (χ1) is 7.74. The van der Waals surface area contributed by atoms with Gasteiger partial charge < -0.3 is 11.1 Å². The third-order valence-electron chi connectivity index (χ3n) is 3.28. The smallest absolute Gasteiger partial charge is 0.126 e. The molecule has 0 amide bonds. The van der Waals surface area contributed by atoms with Crippen LogP contribution >= 0.6 is 0 Å². The van der Waals surface area contributed by atoms with Gasteiger partial charge in [-0.2, -0.15) is 0 Å². The topological polar surface area (TPSA) is 50.9 Å². The van der Waals surface area contributed by atoms with Gasteiger partial charge in [0.25, 0.3) is 0 Å². The van der Waals surface area contributed by atoms with Crippen molar-refractivity contribution in [2.24, 2.45) is 11.7 Å². The molecule has 88 valence electrons. The monoisotopic (exact) mass is 219 g/mol.